The van der Waals surface area contributed by atoms with Gasteiger partial charge in [0.25, 0.3) is 5.69 Å². The van der Waals surface area contributed by atoms with Gasteiger partial charge in [0.15, 0.2) is 0 Å². The molecule has 0 spiro atoms. The van der Waals surface area contributed by atoms with E-state index < -0.39 is 0 Å². The number of hydrogen-bond donors (Lipinski definition) is 1. The Hall–Kier alpha value is -2.14. The molecular weight excluding hydrogens is 256 g/mol. The smallest absolute Gasteiger partial charge is 0.269 e. The number of nitrogens with zero attached hydrogens (tertiary/aromatic N) is 1. The van der Waals surface area contributed by atoms with E-state index >= 15 is 0 Å². The quantitative estimate of drug-likeness (QED) is 0.615. The number of benzene rings is 1. The van der Waals surface area contributed by atoms with Gasteiger partial charge in [0.2, 0.25) is 0 Å². The van der Waals surface area contributed by atoms with Gasteiger partial charge in [0.1, 0.15) is 5.76 Å². The number of nitro groups is 1. The highest BCUT2D eigenvalue weighted by Gasteiger charge is 2.14. The molecule has 1 N–H and O–H groups in total. The van der Waals surface area contributed by atoms with Crippen LogP contribution in [0.15, 0.2) is 47.1 Å². The number of rotatable bonds is 7. The van der Waals surface area contributed by atoms with E-state index in [1.807, 2.05) is 18.2 Å². The van der Waals surface area contributed by atoms with E-state index in [0.717, 1.165) is 24.2 Å². The lowest BCUT2D eigenvalue weighted by Gasteiger charge is -2.17. The van der Waals surface area contributed by atoms with Crippen LogP contribution < -0.4 is 5.32 Å². The molecule has 1 heterocycles. The highest BCUT2D eigenvalue weighted by Crippen LogP contribution is 2.23. The fourth-order valence-electron chi connectivity index (χ4n) is 2.17. The maximum absolute atomic E-state index is 10.8. The number of nitro benzene ring substituents is 1. The van der Waals surface area contributed by atoms with Crippen molar-refractivity contribution in [3.05, 3.63) is 64.1 Å². The predicted molar refractivity (Wildman–Crippen MR) is 76.3 cm³/mol. The predicted octanol–water partition coefficient (Wildman–Crippen LogP) is 3.82. The van der Waals surface area contributed by atoms with Gasteiger partial charge in [-0.3, -0.25) is 10.1 Å². The molecular formula is C15H18N2O3. The molecule has 20 heavy (non-hydrogen) atoms. The van der Waals surface area contributed by atoms with E-state index in [4.69, 9.17) is 4.42 Å². The van der Waals surface area contributed by atoms with E-state index in [1.54, 1.807) is 18.4 Å². The Kier molecular flexibility index (Phi) is 4.90. The van der Waals surface area contributed by atoms with Crippen LogP contribution in [0.25, 0.3) is 0 Å². The van der Waals surface area contributed by atoms with E-state index in [1.165, 1.54) is 6.07 Å². The Morgan fingerprint density at radius 3 is 2.85 bits per heavy atom. The molecule has 1 unspecified atom stereocenters. The monoisotopic (exact) mass is 274 g/mol. The zero-order valence-corrected chi connectivity index (χ0v) is 11.4. The molecule has 106 valence electrons. The maximum Gasteiger partial charge on any atom is 0.269 e. The van der Waals surface area contributed by atoms with Gasteiger partial charge >= 0.3 is 0 Å². The molecule has 0 aliphatic heterocycles. The van der Waals surface area contributed by atoms with Crippen molar-refractivity contribution in [1.29, 1.82) is 0 Å². The van der Waals surface area contributed by atoms with E-state index in [9.17, 15) is 10.1 Å². The molecule has 0 radical (unpaired) electrons. The minimum absolute atomic E-state index is 0.0880. The molecule has 1 aromatic heterocycles. The van der Waals surface area contributed by atoms with Crippen molar-refractivity contribution in [3.8, 4) is 0 Å². The van der Waals surface area contributed by atoms with E-state index in [-0.39, 0.29) is 16.7 Å². The second-order valence-corrected chi connectivity index (χ2v) is 4.65. The lowest BCUT2D eigenvalue weighted by molar-refractivity contribution is -0.384. The van der Waals surface area contributed by atoms with Crippen molar-refractivity contribution in [1.82, 2.24) is 5.32 Å². The van der Waals surface area contributed by atoms with Crippen LogP contribution in [-0.4, -0.2) is 4.92 Å². The van der Waals surface area contributed by atoms with Gasteiger partial charge in [-0.25, -0.2) is 0 Å². The van der Waals surface area contributed by atoms with Crippen molar-refractivity contribution in [2.45, 2.75) is 32.4 Å². The van der Waals surface area contributed by atoms with Gasteiger partial charge in [0.05, 0.1) is 17.7 Å². The van der Waals surface area contributed by atoms with Gasteiger partial charge in [0, 0.05) is 18.2 Å². The molecule has 0 aliphatic carbocycles. The lowest BCUT2D eigenvalue weighted by Crippen LogP contribution is -2.20. The average molecular weight is 274 g/mol. The SMILES string of the molecule is CCCC(NCc1ccco1)c1cccc([N+](=O)[O-])c1. The molecule has 0 saturated heterocycles. The molecule has 0 saturated carbocycles. The maximum atomic E-state index is 10.8. The first-order valence-electron chi connectivity index (χ1n) is 6.71. The average Bonchev–Trinajstić information content (AvgIpc) is 2.97. The number of non-ortho nitro benzene ring substituents is 1. The molecule has 0 aliphatic rings. The van der Waals surface area contributed by atoms with Crippen LogP contribution in [0.5, 0.6) is 0 Å². The highest BCUT2D eigenvalue weighted by atomic mass is 16.6. The summed E-state index contributed by atoms with van der Waals surface area (Å²) in [6.45, 7) is 2.71. The summed E-state index contributed by atoms with van der Waals surface area (Å²) in [5.41, 5.74) is 1.07. The van der Waals surface area contributed by atoms with Crippen LogP contribution in [0.4, 0.5) is 5.69 Å². The number of furan rings is 1. The Morgan fingerprint density at radius 2 is 2.20 bits per heavy atom. The Labute approximate surface area is 117 Å². The van der Waals surface area contributed by atoms with Crippen LogP contribution in [-0.2, 0) is 6.54 Å². The standard InChI is InChI=1S/C15H18N2O3/c1-2-5-15(16-11-14-8-4-9-20-14)12-6-3-7-13(10-12)17(18)19/h3-4,6-10,15-16H,2,5,11H2,1H3. The third kappa shape index (κ3) is 3.68. The molecule has 0 fully saturated rings. The van der Waals surface area contributed by atoms with Crippen molar-refractivity contribution >= 4 is 5.69 Å². The van der Waals surface area contributed by atoms with Crippen LogP contribution in [0.3, 0.4) is 0 Å². The van der Waals surface area contributed by atoms with Gasteiger partial charge in [-0.1, -0.05) is 25.5 Å². The van der Waals surface area contributed by atoms with Crippen molar-refractivity contribution in [2.24, 2.45) is 0 Å². The highest BCUT2D eigenvalue weighted by molar-refractivity contribution is 5.35. The second kappa shape index (κ2) is 6.86. The largest absolute Gasteiger partial charge is 0.468 e. The molecule has 5 nitrogen and oxygen atoms in total. The minimum atomic E-state index is -0.362. The molecule has 1 atom stereocenters. The van der Waals surface area contributed by atoms with Crippen LogP contribution in [0, 0.1) is 10.1 Å². The fourth-order valence-corrected chi connectivity index (χ4v) is 2.17. The fraction of sp³-hybridized carbons (Fsp3) is 0.333. The second-order valence-electron chi connectivity index (χ2n) is 4.65. The first-order chi connectivity index (χ1) is 9.70. The molecule has 2 rings (SSSR count). The topological polar surface area (TPSA) is 68.3 Å². The molecule has 0 bridgehead atoms. The lowest BCUT2D eigenvalue weighted by atomic mass is 10.0. The Morgan fingerprint density at radius 1 is 1.35 bits per heavy atom. The first-order valence-corrected chi connectivity index (χ1v) is 6.71. The minimum Gasteiger partial charge on any atom is -0.468 e. The van der Waals surface area contributed by atoms with Gasteiger partial charge < -0.3 is 9.73 Å². The molecule has 1 aromatic carbocycles. The first kappa shape index (κ1) is 14.3. The summed E-state index contributed by atoms with van der Waals surface area (Å²) in [5.74, 6) is 0.858. The van der Waals surface area contributed by atoms with Gasteiger partial charge in [-0.2, -0.15) is 0 Å². The van der Waals surface area contributed by atoms with E-state index in [0.29, 0.717) is 6.54 Å². The third-order valence-electron chi connectivity index (χ3n) is 3.16. The normalized spacial score (nSPS) is 12.2. The van der Waals surface area contributed by atoms with Crippen molar-refractivity contribution < 1.29 is 9.34 Å². The number of hydrogen-bond acceptors (Lipinski definition) is 4. The molecule has 2 aromatic rings. The summed E-state index contributed by atoms with van der Waals surface area (Å²) in [6, 6.07) is 10.6. The zero-order chi connectivity index (χ0) is 14.4. The summed E-state index contributed by atoms with van der Waals surface area (Å²) in [5, 5.41) is 14.2. The van der Waals surface area contributed by atoms with Crippen molar-refractivity contribution in [2.75, 3.05) is 0 Å². The summed E-state index contributed by atoms with van der Waals surface area (Å²) in [6.07, 6.45) is 3.56. The Bertz CT molecular complexity index is 552. The zero-order valence-electron chi connectivity index (χ0n) is 11.4. The van der Waals surface area contributed by atoms with E-state index in [2.05, 4.69) is 12.2 Å². The summed E-state index contributed by atoms with van der Waals surface area (Å²) < 4.78 is 5.29. The Balaban J connectivity index is 2.10. The number of nitrogens with one attached hydrogen (secondary N) is 1. The van der Waals surface area contributed by atoms with Gasteiger partial charge in [-0.15, -0.1) is 0 Å². The summed E-state index contributed by atoms with van der Waals surface area (Å²) >= 11 is 0. The molecule has 5 heteroatoms. The van der Waals surface area contributed by atoms with Gasteiger partial charge in [-0.05, 0) is 24.1 Å². The molecule has 0 amide bonds. The van der Waals surface area contributed by atoms with Crippen LogP contribution >= 0.6 is 0 Å². The van der Waals surface area contributed by atoms with Crippen LogP contribution in [0.1, 0.15) is 37.1 Å². The van der Waals surface area contributed by atoms with Crippen LogP contribution in [0.2, 0.25) is 0 Å². The summed E-state index contributed by atoms with van der Waals surface area (Å²) in [7, 11) is 0. The van der Waals surface area contributed by atoms with Crippen molar-refractivity contribution in [3.63, 3.8) is 0 Å². The summed E-state index contributed by atoms with van der Waals surface area (Å²) in [4.78, 5) is 10.5. The third-order valence-corrected chi connectivity index (χ3v) is 3.16.